The number of hydrogen-bond donors (Lipinski definition) is 2. The van der Waals surface area contributed by atoms with Crippen LogP contribution in [0.15, 0.2) is 18.2 Å². The van der Waals surface area contributed by atoms with Gasteiger partial charge < -0.3 is 15.6 Å². The molecule has 0 radical (unpaired) electrons. The van der Waals surface area contributed by atoms with E-state index in [1.54, 1.807) is 6.07 Å². The van der Waals surface area contributed by atoms with Gasteiger partial charge in [-0.2, -0.15) is 0 Å². The molecule has 0 bridgehead atoms. The fourth-order valence-corrected chi connectivity index (χ4v) is 1.13. The van der Waals surface area contributed by atoms with Gasteiger partial charge in [0.25, 0.3) is 0 Å². The van der Waals surface area contributed by atoms with Gasteiger partial charge in [0, 0.05) is 12.1 Å². The normalized spacial score (nSPS) is 12.6. The number of hydrogen-bond acceptors (Lipinski definition) is 3. The largest absolute Gasteiger partial charge is 0.493 e. The minimum atomic E-state index is -0.884. The Morgan fingerprint density at radius 3 is 2.85 bits per heavy atom. The summed E-state index contributed by atoms with van der Waals surface area (Å²) in [7, 11) is 1.35. The number of aliphatic hydroxyl groups is 1. The highest BCUT2D eigenvalue weighted by atomic mass is 19.1. The molecular weight excluding hydrogens is 173 g/mol. The lowest BCUT2D eigenvalue weighted by Gasteiger charge is -2.12. The zero-order chi connectivity index (χ0) is 9.84. The fourth-order valence-electron chi connectivity index (χ4n) is 1.13. The Balaban J connectivity index is 3.12. The van der Waals surface area contributed by atoms with Crippen LogP contribution in [0.1, 0.15) is 11.7 Å². The maximum absolute atomic E-state index is 13.1. The number of aliphatic hydroxyl groups excluding tert-OH is 1. The van der Waals surface area contributed by atoms with Crippen LogP contribution >= 0.6 is 0 Å². The summed E-state index contributed by atoms with van der Waals surface area (Å²) >= 11 is 0. The van der Waals surface area contributed by atoms with Crippen molar-refractivity contribution in [2.75, 3.05) is 13.7 Å². The van der Waals surface area contributed by atoms with Crippen LogP contribution in [0.5, 0.6) is 5.75 Å². The number of ether oxygens (including phenoxy) is 1. The third-order valence-corrected chi connectivity index (χ3v) is 1.78. The molecular formula is C9H12FNO2. The highest BCUT2D eigenvalue weighted by Crippen LogP contribution is 2.27. The third-order valence-electron chi connectivity index (χ3n) is 1.78. The number of para-hydroxylation sites is 1. The Bertz CT molecular complexity index is 291. The van der Waals surface area contributed by atoms with Gasteiger partial charge in [0.15, 0.2) is 11.6 Å². The molecule has 13 heavy (non-hydrogen) atoms. The predicted octanol–water partition coefficient (Wildman–Crippen LogP) is 0.826. The molecule has 0 spiro atoms. The smallest absolute Gasteiger partial charge is 0.165 e. The molecule has 0 heterocycles. The summed E-state index contributed by atoms with van der Waals surface area (Å²) in [6, 6.07) is 4.36. The van der Waals surface area contributed by atoms with E-state index >= 15 is 0 Å². The number of benzene rings is 1. The van der Waals surface area contributed by atoms with E-state index in [0.717, 1.165) is 0 Å². The van der Waals surface area contributed by atoms with Crippen LogP contribution in [0.4, 0.5) is 4.39 Å². The van der Waals surface area contributed by atoms with E-state index in [4.69, 9.17) is 10.5 Å². The third kappa shape index (κ3) is 1.96. The summed E-state index contributed by atoms with van der Waals surface area (Å²) in [6.45, 7) is 0.0415. The van der Waals surface area contributed by atoms with Crippen LogP contribution < -0.4 is 10.5 Å². The van der Waals surface area contributed by atoms with Gasteiger partial charge in [0.2, 0.25) is 0 Å². The van der Waals surface area contributed by atoms with E-state index in [1.807, 2.05) is 0 Å². The van der Waals surface area contributed by atoms with Crippen LogP contribution in [0.2, 0.25) is 0 Å². The highest BCUT2D eigenvalue weighted by molar-refractivity contribution is 5.36. The molecule has 0 aromatic heterocycles. The summed E-state index contributed by atoms with van der Waals surface area (Å²) < 4.78 is 17.9. The maximum Gasteiger partial charge on any atom is 0.165 e. The average Bonchev–Trinajstić information content (AvgIpc) is 2.16. The number of rotatable bonds is 3. The summed E-state index contributed by atoms with van der Waals surface area (Å²) in [5.41, 5.74) is 5.63. The molecule has 1 aromatic rings. The van der Waals surface area contributed by atoms with Crippen molar-refractivity contribution >= 4 is 0 Å². The molecule has 0 aliphatic heterocycles. The Hall–Kier alpha value is -1.13. The van der Waals surface area contributed by atoms with Crippen molar-refractivity contribution in [2.24, 2.45) is 5.73 Å². The molecule has 0 unspecified atom stereocenters. The Labute approximate surface area is 75.9 Å². The maximum atomic E-state index is 13.1. The van der Waals surface area contributed by atoms with Crippen molar-refractivity contribution in [3.8, 4) is 5.75 Å². The van der Waals surface area contributed by atoms with Gasteiger partial charge in [0.05, 0.1) is 13.2 Å². The predicted molar refractivity (Wildman–Crippen MR) is 47.0 cm³/mol. The summed E-state index contributed by atoms with van der Waals surface area (Å²) in [4.78, 5) is 0. The van der Waals surface area contributed by atoms with Crippen LogP contribution in [0.3, 0.4) is 0 Å². The highest BCUT2D eigenvalue weighted by Gasteiger charge is 2.14. The molecule has 3 nitrogen and oxygen atoms in total. The van der Waals surface area contributed by atoms with Crippen LogP contribution in [0, 0.1) is 5.82 Å². The number of halogens is 1. The summed E-state index contributed by atoms with van der Waals surface area (Å²) in [6.07, 6.45) is -0.884. The number of methoxy groups -OCH3 is 1. The lowest BCUT2D eigenvalue weighted by atomic mass is 10.1. The van der Waals surface area contributed by atoms with E-state index in [9.17, 15) is 9.50 Å². The van der Waals surface area contributed by atoms with Gasteiger partial charge in [0.1, 0.15) is 0 Å². The molecule has 0 saturated carbocycles. The van der Waals surface area contributed by atoms with Gasteiger partial charge >= 0.3 is 0 Å². The Morgan fingerprint density at radius 2 is 2.31 bits per heavy atom. The van der Waals surface area contributed by atoms with Crippen LogP contribution in [-0.2, 0) is 0 Å². The molecule has 0 aliphatic carbocycles. The van der Waals surface area contributed by atoms with Crippen molar-refractivity contribution in [3.63, 3.8) is 0 Å². The Kier molecular flexibility index (Phi) is 3.22. The topological polar surface area (TPSA) is 55.5 Å². The van der Waals surface area contributed by atoms with Crippen molar-refractivity contribution in [1.29, 1.82) is 0 Å². The van der Waals surface area contributed by atoms with Gasteiger partial charge in [-0.3, -0.25) is 0 Å². The molecule has 1 atom stereocenters. The molecule has 3 N–H and O–H groups in total. The minimum absolute atomic E-state index is 0.0415. The summed E-state index contributed by atoms with van der Waals surface area (Å²) in [5.74, 6) is -0.437. The van der Waals surface area contributed by atoms with Gasteiger partial charge in [-0.05, 0) is 6.07 Å². The lowest BCUT2D eigenvalue weighted by Crippen LogP contribution is -2.13. The van der Waals surface area contributed by atoms with Crippen molar-refractivity contribution in [1.82, 2.24) is 0 Å². The fraction of sp³-hybridized carbons (Fsp3) is 0.333. The molecule has 1 aromatic carbocycles. The average molecular weight is 185 g/mol. The summed E-state index contributed by atoms with van der Waals surface area (Å²) in [5, 5.41) is 9.39. The first-order valence-corrected chi connectivity index (χ1v) is 3.91. The minimum Gasteiger partial charge on any atom is -0.493 e. The van der Waals surface area contributed by atoms with Crippen molar-refractivity contribution < 1.29 is 14.2 Å². The first-order valence-electron chi connectivity index (χ1n) is 3.91. The zero-order valence-electron chi connectivity index (χ0n) is 7.33. The molecule has 0 fully saturated rings. The van der Waals surface area contributed by atoms with Crippen molar-refractivity contribution in [3.05, 3.63) is 29.6 Å². The quantitative estimate of drug-likeness (QED) is 0.733. The SMILES string of the molecule is COc1c(F)cccc1[C@H](O)CN. The van der Waals surface area contributed by atoms with E-state index in [0.29, 0.717) is 5.56 Å². The first-order chi connectivity index (χ1) is 6.20. The molecule has 0 saturated heterocycles. The van der Waals surface area contributed by atoms with Crippen LogP contribution in [-0.4, -0.2) is 18.8 Å². The standard InChI is InChI=1S/C9H12FNO2/c1-13-9-6(8(12)5-11)3-2-4-7(9)10/h2-4,8,12H,5,11H2,1H3/t8-/m1/s1. The van der Waals surface area contributed by atoms with E-state index in [1.165, 1.54) is 19.2 Å². The molecule has 1 rings (SSSR count). The Morgan fingerprint density at radius 1 is 1.62 bits per heavy atom. The van der Waals surface area contributed by atoms with Gasteiger partial charge in [-0.15, -0.1) is 0 Å². The molecule has 4 heteroatoms. The van der Waals surface area contributed by atoms with Gasteiger partial charge in [-0.1, -0.05) is 12.1 Å². The van der Waals surface area contributed by atoms with Gasteiger partial charge in [-0.25, -0.2) is 4.39 Å². The number of nitrogens with two attached hydrogens (primary N) is 1. The first kappa shape index (κ1) is 9.95. The molecule has 0 amide bonds. The molecule has 0 aliphatic rings. The second-order valence-corrected chi connectivity index (χ2v) is 2.61. The van der Waals surface area contributed by atoms with E-state index in [-0.39, 0.29) is 12.3 Å². The lowest BCUT2D eigenvalue weighted by molar-refractivity contribution is 0.181. The second kappa shape index (κ2) is 4.20. The van der Waals surface area contributed by atoms with E-state index in [2.05, 4.69) is 0 Å². The zero-order valence-corrected chi connectivity index (χ0v) is 7.33. The monoisotopic (exact) mass is 185 g/mol. The molecule has 72 valence electrons. The van der Waals surface area contributed by atoms with Crippen molar-refractivity contribution in [2.45, 2.75) is 6.10 Å². The van der Waals surface area contributed by atoms with E-state index < -0.39 is 11.9 Å². The second-order valence-electron chi connectivity index (χ2n) is 2.61. The van der Waals surface area contributed by atoms with Crippen LogP contribution in [0.25, 0.3) is 0 Å².